The summed E-state index contributed by atoms with van der Waals surface area (Å²) in [5.74, 6) is 2.65. The van der Waals surface area contributed by atoms with Crippen molar-refractivity contribution in [2.45, 2.75) is 57.2 Å². The second-order valence-electron chi connectivity index (χ2n) is 8.35. The third-order valence-corrected chi connectivity index (χ3v) is 6.93. The largest absolute Gasteiger partial charge is 0.522 e. The van der Waals surface area contributed by atoms with Crippen molar-refractivity contribution in [3.8, 4) is 0 Å². The van der Waals surface area contributed by atoms with E-state index in [2.05, 4.69) is 15.4 Å². The third-order valence-electron chi connectivity index (χ3n) is 6.93. The maximum atomic E-state index is 12.6. The van der Waals surface area contributed by atoms with Gasteiger partial charge in [-0.15, -0.1) is 13.2 Å². The van der Waals surface area contributed by atoms with Crippen LogP contribution in [-0.2, 0) is 9.47 Å². The van der Waals surface area contributed by atoms with E-state index in [9.17, 15) is 13.2 Å². The zero-order chi connectivity index (χ0) is 17.4. The molecule has 0 spiro atoms. The van der Waals surface area contributed by atoms with E-state index in [-0.39, 0.29) is 0 Å². The van der Waals surface area contributed by atoms with Crippen LogP contribution >= 0.6 is 0 Å². The Labute approximate surface area is 147 Å². The van der Waals surface area contributed by atoms with E-state index >= 15 is 0 Å². The highest BCUT2D eigenvalue weighted by atomic mass is 19.4. The molecular weight excluding hydrogens is 333 g/mol. The van der Waals surface area contributed by atoms with Crippen LogP contribution in [0.4, 0.5) is 13.2 Å². The minimum atomic E-state index is -4.51. The smallest absolute Gasteiger partial charge is 0.381 e. The van der Waals surface area contributed by atoms with Crippen molar-refractivity contribution in [2.24, 2.45) is 29.6 Å². The fraction of sp³-hybridized carbons (Fsp3) is 1.00. The Bertz CT molecular complexity index is 456. The highest BCUT2D eigenvalue weighted by molar-refractivity contribution is 4.98. The lowest BCUT2D eigenvalue weighted by Crippen LogP contribution is -2.51. The molecule has 0 aromatic carbocycles. The van der Waals surface area contributed by atoms with Crippen LogP contribution in [0.25, 0.3) is 0 Å². The molecule has 7 unspecified atom stereocenters. The van der Waals surface area contributed by atoms with E-state index in [1.54, 1.807) is 0 Å². The molecule has 1 saturated carbocycles. The van der Waals surface area contributed by atoms with Crippen LogP contribution in [0.5, 0.6) is 0 Å². The summed E-state index contributed by atoms with van der Waals surface area (Å²) in [6.07, 6.45) is 0.427. The SMILES string of the molecule is FC(F)(F)OC1CCCC(C2CNC3NCC(C4CCOC4)C3C2)C1. The van der Waals surface area contributed by atoms with Crippen molar-refractivity contribution in [2.75, 3.05) is 26.3 Å². The lowest BCUT2D eigenvalue weighted by Gasteiger charge is -2.42. The number of fused-ring (bicyclic) bond motifs is 1. The van der Waals surface area contributed by atoms with E-state index < -0.39 is 12.5 Å². The summed E-state index contributed by atoms with van der Waals surface area (Å²) in [5, 5.41) is 7.24. The van der Waals surface area contributed by atoms with Crippen LogP contribution in [0.15, 0.2) is 0 Å². The molecule has 144 valence electrons. The van der Waals surface area contributed by atoms with Gasteiger partial charge in [-0.1, -0.05) is 6.42 Å². The summed E-state index contributed by atoms with van der Waals surface area (Å²) >= 11 is 0. The van der Waals surface area contributed by atoms with E-state index in [1.165, 1.54) is 0 Å². The van der Waals surface area contributed by atoms with Gasteiger partial charge in [0, 0.05) is 19.8 Å². The Hall–Kier alpha value is -0.370. The van der Waals surface area contributed by atoms with Gasteiger partial charge >= 0.3 is 6.36 Å². The fourth-order valence-electron chi connectivity index (χ4n) is 5.73. The Morgan fingerprint density at radius 2 is 1.72 bits per heavy atom. The molecule has 3 saturated heterocycles. The lowest BCUT2D eigenvalue weighted by molar-refractivity contribution is -0.346. The first-order valence-corrected chi connectivity index (χ1v) is 9.78. The van der Waals surface area contributed by atoms with Crippen LogP contribution in [0.1, 0.15) is 38.5 Å². The monoisotopic (exact) mass is 362 g/mol. The molecule has 4 fully saturated rings. The van der Waals surface area contributed by atoms with Crippen molar-refractivity contribution in [3.63, 3.8) is 0 Å². The van der Waals surface area contributed by atoms with Gasteiger partial charge in [0.1, 0.15) is 0 Å². The molecule has 0 amide bonds. The number of ether oxygens (including phenoxy) is 2. The van der Waals surface area contributed by atoms with Crippen LogP contribution < -0.4 is 10.6 Å². The molecular formula is C18H29F3N2O2. The number of piperidine rings is 1. The zero-order valence-corrected chi connectivity index (χ0v) is 14.6. The second kappa shape index (κ2) is 7.33. The minimum Gasteiger partial charge on any atom is -0.381 e. The Morgan fingerprint density at radius 1 is 0.880 bits per heavy atom. The molecule has 0 radical (unpaired) electrons. The Balaban J connectivity index is 1.36. The van der Waals surface area contributed by atoms with Gasteiger partial charge in [-0.2, -0.15) is 0 Å². The van der Waals surface area contributed by atoms with Gasteiger partial charge in [-0.25, -0.2) is 0 Å². The highest BCUT2D eigenvalue weighted by Gasteiger charge is 2.46. The summed E-state index contributed by atoms with van der Waals surface area (Å²) < 4.78 is 47.6. The second-order valence-corrected chi connectivity index (χ2v) is 8.35. The van der Waals surface area contributed by atoms with Gasteiger partial charge in [0.05, 0.1) is 12.3 Å². The summed E-state index contributed by atoms with van der Waals surface area (Å²) in [6.45, 7) is 3.68. The Kier molecular flexibility index (Phi) is 5.28. The first-order valence-electron chi connectivity index (χ1n) is 9.78. The molecule has 4 aliphatic rings. The number of halogens is 3. The van der Waals surface area contributed by atoms with Crippen LogP contribution in [0.3, 0.4) is 0 Å². The van der Waals surface area contributed by atoms with Gasteiger partial charge in [0.25, 0.3) is 0 Å². The van der Waals surface area contributed by atoms with Crippen molar-refractivity contribution in [1.82, 2.24) is 10.6 Å². The molecule has 7 atom stereocenters. The summed E-state index contributed by atoms with van der Waals surface area (Å²) in [5.41, 5.74) is 0. The molecule has 2 N–H and O–H groups in total. The van der Waals surface area contributed by atoms with E-state index in [0.29, 0.717) is 48.6 Å². The molecule has 4 rings (SSSR count). The molecule has 0 aromatic rings. The number of rotatable bonds is 3. The molecule has 3 heterocycles. The summed E-state index contributed by atoms with van der Waals surface area (Å²) in [4.78, 5) is 0. The highest BCUT2D eigenvalue weighted by Crippen LogP contribution is 2.43. The zero-order valence-electron chi connectivity index (χ0n) is 14.6. The van der Waals surface area contributed by atoms with Gasteiger partial charge in [0.15, 0.2) is 0 Å². The molecule has 7 heteroatoms. The van der Waals surface area contributed by atoms with E-state index in [0.717, 1.165) is 52.0 Å². The van der Waals surface area contributed by atoms with Crippen molar-refractivity contribution < 1.29 is 22.6 Å². The molecule has 25 heavy (non-hydrogen) atoms. The normalized spacial score (nSPS) is 45.5. The van der Waals surface area contributed by atoms with Gasteiger partial charge in [0.2, 0.25) is 0 Å². The van der Waals surface area contributed by atoms with Crippen LogP contribution in [0, 0.1) is 29.6 Å². The van der Waals surface area contributed by atoms with Crippen LogP contribution in [0.2, 0.25) is 0 Å². The summed E-state index contributed by atoms with van der Waals surface area (Å²) in [6, 6.07) is 0. The van der Waals surface area contributed by atoms with Crippen LogP contribution in [-0.4, -0.2) is 44.9 Å². The van der Waals surface area contributed by atoms with E-state index in [1.807, 2.05) is 0 Å². The maximum absolute atomic E-state index is 12.6. The number of alkyl halides is 3. The van der Waals surface area contributed by atoms with Gasteiger partial charge < -0.3 is 15.4 Å². The fourth-order valence-corrected chi connectivity index (χ4v) is 5.73. The van der Waals surface area contributed by atoms with Crippen molar-refractivity contribution in [3.05, 3.63) is 0 Å². The number of hydrogen-bond donors (Lipinski definition) is 2. The standard InChI is InChI=1S/C18H29F3N2O2/c19-18(20,21)25-14-3-1-2-11(6-14)13-7-15-16(12-4-5-24-10-12)9-23-17(15)22-8-13/h11-17,22-23H,1-10H2. The molecule has 4 nitrogen and oxygen atoms in total. The first-order chi connectivity index (χ1) is 12.0. The maximum Gasteiger partial charge on any atom is 0.522 e. The van der Waals surface area contributed by atoms with Crippen molar-refractivity contribution >= 4 is 0 Å². The van der Waals surface area contributed by atoms with Gasteiger partial charge in [-0.3, -0.25) is 4.74 Å². The molecule has 3 aliphatic heterocycles. The van der Waals surface area contributed by atoms with E-state index in [4.69, 9.17) is 4.74 Å². The molecule has 0 aromatic heterocycles. The quantitative estimate of drug-likeness (QED) is 0.810. The third kappa shape index (κ3) is 4.15. The first kappa shape index (κ1) is 18.0. The number of hydrogen-bond acceptors (Lipinski definition) is 4. The molecule has 0 bridgehead atoms. The summed E-state index contributed by atoms with van der Waals surface area (Å²) in [7, 11) is 0. The number of nitrogens with one attached hydrogen (secondary N) is 2. The predicted molar refractivity (Wildman–Crippen MR) is 86.7 cm³/mol. The molecule has 1 aliphatic carbocycles. The average molecular weight is 362 g/mol. The minimum absolute atomic E-state index is 0.343. The van der Waals surface area contributed by atoms with Gasteiger partial charge in [-0.05, 0) is 68.2 Å². The van der Waals surface area contributed by atoms with Crippen molar-refractivity contribution in [1.29, 1.82) is 0 Å². The predicted octanol–water partition coefficient (Wildman–Crippen LogP) is 2.89. The Morgan fingerprint density at radius 3 is 2.48 bits per heavy atom. The topological polar surface area (TPSA) is 42.5 Å². The lowest BCUT2D eigenvalue weighted by atomic mass is 9.69. The average Bonchev–Trinajstić information content (AvgIpc) is 3.22.